The van der Waals surface area contributed by atoms with Crippen molar-refractivity contribution in [2.45, 2.75) is 19.0 Å². The zero-order valence-electron chi connectivity index (χ0n) is 10.4. The van der Waals surface area contributed by atoms with Gasteiger partial charge < -0.3 is 5.73 Å². The number of hydrogen-bond acceptors (Lipinski definition) is 3. The Morgan fingerprint density at radius 1 is 1.22 bits per heavy atom. The molecule has 2 N–H and O–H groups in total. The average molecular weight is 242 g/mol. The molecule has 1 fully saturated rings. The predicted molar refractivity (Wildman–Crippen MR) is 71.4 cm³/mol. The first-order chi connectivity index (χ1) is 8.83. The molecule has 1 aromatic heterocycles. The van der Waals surface area contributed by atoms with Crippen molar-refractivity contribution in [3.8, 4) is 5.69 Å². The summed E-state index contributed by atoms with van der Waals surface area (Å²) < 4.78 is 2.00. The fourth-order valence-corrected chi connectivity index (χ4v) is 2.49. The van der Waals surface area contributed by atoms with E-state index in [-0.39, 0.29) is 0 Å². The molecule has 2 aromatic rings. The summed E-state index contributed by atoms with van der Waals surface area (Å²) in [6.45, 7) is 2.99. The van der Waals surface area contributed by atoms with Crippen LogP contribution >= 0.6 is 0 Å². The number of aromatic nitrogens is 2. The monoisotopic (exact) mass is 242 g/mol. The van der Waals surface area contributed by atoms with Gasteiger partial charge in [-0.25, -0.2) is 4.68 Å². The van der Waals surface area contributed by atoms with E-state index in [1.165, 1.54) is 5.69 Å². The molecule has 0 radical (unpaired) electrons. The summed E-state index contributed by atoms with van der Waals surface area (Å²) in [5, 5.41) is 4.41. The molecule has 1 aliphatic rings. The number of nitrogens with zero attached hydrogens (tertiary/aromatic N) is 3. The maximum absolute atomic E-state index is 5.94. The number of rotatable bonds is 3. The second-order valence-corrected chi connectivity index (χ2v) is 4.85. The van der Waals surface area contributed by atoms with Crippen LogP contribution in [-0.2, 0) is 6.54 Å². The zero-order chi connectivity index (χ0) is 12.4. The van der Waals surface area contributed by atoms with E-state index in [4.69, 9.17) is 5.73 Å². The third-order valence-electron chi connectivity index (χ3n) is 3.42. The number of likely N-dealkylation sites (tertiary alicyclic amines) is 1. The molecule has 4 heteroatoms. The Morgan fingerprint density at radius 2 is 2.06 bits per heavy atom. The van der Waals surface area contributed by atoms with Crippen molar-refractivity contribution in [2.75, 3.05) is 13.1 Å². The Bertz CT molecular complexity index is 506. The predicted octanol–water partition coefficient (Wildman–Crippen LogP) is 1.41. The van der Waals surface area contributed by atoms with Crippen molar-refractivity contribution < 1.29 is 0 Å². The molecule has 0 amide bonds. The molecule has 1 saturated heterocycles. The van der Waals surface area contributed by atoms with Crippen molar-refractivity contribution in [3.63, 3.8) is 0 Å². The standard InChI is InChI=1S/C14H18N4/c15-12-7-9-17(10-12)11-14-6-8-16-18(14)13-4-2-1-3-5-13/h1-6,8,12H,7,9-11,15H2/t12-/m0/s1. The van der Waals surface area contributed by atoms with E-state index in [1.807, 2.05) is 29.1 Å². The smallest absolute Gasteiger partial charge is 0.0649 e. The Balaban J connectivity index is 1.80. The lowest BCUT2D eigenvalue weighted by Crippen LogP contribution is -2.27. The molecule has 18 heavy (non-hydrogen) atoms. The maximum Gasteiger partial charge on any atom is 0.0649 e. The summed E-state index contributed by atoms with van der Waals surface area (Å²) in [6.07, 6.45) is 2.96. The van der Waals surface area contributed by atoms with E-state index in [0.29, 0.717) is 6.04 Å². The molecular formula is C14H18N4. The lowest BCUT2D eigenvalue weighted by Gasteiger charge is -2.16. The van der Waals surface area contributed by atoms with E-state index in [2.05, 4.69) is 28.2 Å². The van der Waals surface area contributed by atoms with Crippen LogP contribution in [-0.4, -0.2) is 33.8 Å². The molecule has 0 unspecified atom stereocenters. The summed E-state index contributed by atoms with van der Waals surface area (Å²) >= 11 is 0. The highest BCUT2D eigenvalue weighted by Gasteiger charge is 2.20. The van der Waals surface area contributed by atoms with E-state index < -0.39 is 0 Å². The van der Waals surface area contributed by atoms with Gasteiger partial charge in [-0.3, -0.25) is 4.90 Å². The van der Waals surface area contributed by atoms with E-state index >= 15 is 0 Å². The van der Waals surface area contributed by atoms with Gasteiger partial charge in [0.15, 0.2) is 0 Å². The number of benzene rings is 1. The minimum absolute atomic E-state index is 0.332. The van der Waals surface area contributed by atoms with Gasteiger partial charge in [0.1, 0.15) is 0 Å². The molecule has 1 atom stereocenters. The van der Waals surface area contributed by atoms with Crippen LogP contribution in [0.1, 0.15) is 12.1 Å². The SMILES string of the molecule is N[C@H]1CCN(Cc2ccnn2-c2ccccc2)C1. The van der Waals surface area contributed by atoms with Gasteiger partial charge in [-0.1, -0.05) is 18.2 Å². The zero-order valence-corrected chi connectivity index (χ0v) is 10.4. The van der Waals surface area contributed by atoms with Gasteiger partial charge in [-0.05, 0) is 24.6 Å². The second kappa shape index (κ2) is 4.92. The Morgan fingerprint density at radius 3 is 2.78 bits per heavy atom. The molecule has 94 valence electrons. The highest BCUT2D eigenvalue weighted by Crippen LogP contribution is 2.15. The molecule has 0 spiro atoms. The number of hydrogen-bond donors (Lipinski definition) is 1. The molecular weight excluding hydrogens is 224 g/mol. The molecule has 0 aliphatic carbocycles. The third-order valence-corrected chi connectivity index (χ3v) is 3.42. The Labute approximate surface area is 107 Å². The Kier molecular flexibility index (Phi) is 3.13. The highest BCUT2D eigenvalue weighted by atomic mass is 15.3. The molecule has 0 saturated carbocycles. The normalized spacial score (nSPS) is 20.4. The summed E-state index contributed by atoms with van der Waals surface area (Å²) in [5.74, 6) is 0. The van der Waals surface area contributed by atoms with Crippen LogP contribution < -0.4 is 5.73 Å². The van der Waals surface area contributed by atoms with Crippen LogP contribution in [0.15, 0.2) is 42.6 Å². The Hall–Kier alpha value is -1.65. The van der Waals surface area contributed by atoms with Crippen LogP contribution in [0.3, 0.4) is 0 Å². The number of para-hydroxylation sites is 1. The maximum atomic E-state index is 5.94. The summed E-state index contributed by atoms with van der Waals surface area (Å²) in [5.41, 5.74) is 8.27. The molecule has 3 rings (SSSR count). The number of nitrogens with two attached hydrogens (primary N) is 1. The van der Waals surface area contributed by atoms with Gasteiger partial charge in [-0.2, -0.15) is 5.10 Å². The summed E-state index contributed by atoms with van der Waals surface area (Å²) in [7, 11) is 0. The minimum Gasteiger partial charge on any atom is -0.326 e. The molecule has 0 bridgehead atoms. The first-order valence-electron chi connectivity index (χ1n) is 6.39. The minimum atomic E-state index is 0.332. The third kappa shape index (κ3) is 2.30. The lowest BCUT2D eigenvalue weighted by atomic mass is 10.3. The van der Waals surface area contributed by atoms with Crippen LogP contribution in [0.2, 0.25) is 0 Å². The van der Waals surface area contributed by atoms with E-state index in [1.54, 1.807) is 0 Å². The largest absolute Gasteiger partial charge is 0.326 e. The second-order valence-electron chi connectivity index (χ2n) is 4.85. The van der Waals surface area contributed by atoms with Crippen molar-refractivity contribution in [1.82, 2.24) is 14.7 Å². The van der Waals surface area contributed by atoms with Crippen molar-refractivity contribution in [3.05, 3.63) is 48.3 Å². The first kappa shape index (κ1) is 11.4. The lowest BCUT2D eigenvalue weighted by molar-refractivity contribution is 0.319. The highest BCUT2D eigenvalue weighted by molar-refractivity contribution is 5.32. The van der Waals surface area contributed by atoms with Crippen LogP contribution in [0.4, 0.5) is 0 Å². The molecule has 4 nitrogen and oxygen atoms in total. The molecule has 2 heterocycles. The topological polar surface area (TPSA) is 47.1 Å². The summed E-state index contributed by atoms with van der Waals surface area (Å²) in [4.78, 5) is 2.39. The van der Waals surface area contributed by atoms with Gasteiger partial charge >= 0.3 is 0 Å². The van der Waals surface area contributed by atoms with Crippen molar-refractivity contribution in [1.29, 1.82) is 0 Å². The van der Waals surface area contributed by atoms with E-state index in [9.17, 15) is 0 Å². The van der Waals surface area contributed by atoms with Crippen molar-refractivity contribution >= 4 is 0 Å². The van der Waals surface area contributed by atoms with Crippen molar-refractivity contribution in [2.24, 2.45) is 5.73 Å². The average Bonchev–Trinajstić information content (AvgIpc) is 3.00. The van der Waals surface area contributed by atoms with Crippen LogP contribution in [0.25, 0.3) is 5.69 Å². The van der Waals surface area contributed by atoms with Gasteiger partial charge in [0.2, 0.25) is 0 Å². The van der Waals surface area contributed by atoms with Gasteiger partial charge in [-0.15, -0.1) is 0 Å². The molecule has 1 aromatic carbocycles. The van der Waals surface area contributed by atoms with Gasteiger partial charge in [0.25, 0.3) is 0 Å². The van der Waals surface area contributed by atoms with Gasteiger partial charge in [0, 0.05) is 31.9 Å². The molecule has 1 aliphatic heterocycles. The van der Waals surface area contributed by atoms with E-state index in [0.717, 1.165) is 31.7 Å². The van der Waals surface area contributed by atoms with Crippen LogP contribution in [0.5, 0.6) is 0 Å². The fourth-order valence-electron chi connectivity index (χ4n) is 2.49. The van der Waals surface area contributed by atoms with Gasteiger partial charge in [0.05, 0.1) is 11.4 Å². The quantitative estimate of drug-likeness (QED) is 0.885. The first-order valence-corrected chi connectivity index (χ1v) is 6.39. The van der Waals surface area contributed by atoms with Crippen LogP contribution in [0, 0.1) is 0 Å². The fraction of sp³-hybridized carbons (Fsp3) is 0.357. The summed E-state index contributed by atoms with van der Waals surface area (Å²) in [6, 6.07) is 12.7.